The number of hydrogen-bond acceptors (Lipinski definition) is 3. The largest absolute Gasteiger partial charge is 0.479 e. The van der Waals surface area contributed by atoms with Crippen molar-refractivity contribution in [3.63, 3.8) is 0 Å². The van der Waals surface area contributed by atoms with E-state index in [4.69, 9.17) is 11.2 Å². The standard InChI is InChI=1S/C22H18I2N2O2/c1-2-11-28-21-19(23)13-17(14-20(21)24)12-18(15-25)22(27)26-10-6-9-16-7-4-3-5-8-16/h1,3-5,7-8,12-14H,6,9-11H2,(H,26,27)/b18-12-. The highest BCUT2D eigenvalue weighted by Crippen LogP contribution is 2.29. The van der Waals surface area contributed by atoms with Crippen LogP contribution >= 0.6 is 45.2 Å². The lowest BCUT2D eigenvalue weighted by molar-refractivity contribution is -0.117. The van der Waals surface area contributed by atoms with E-state index in [1.54, 1.807) is 6.08 Å². The Morgan fingerprint density at radius 3 is 2.50 bits per heavy atom. The van der Waals surface area contributed by atoms with Crippen LogP contribution in [-0.4, -0.2) is 19.1 Å². The second-order valence-electron chi connectivity index (χ2n) is 5.82. The van der Waals surface area contributed by atoms with Crippen molar-refractivity contribution >= 4 is 57.2 Å². The summed E-state index contributed by atoms with van der Waals surface area (Å²) >= 11 is 4.30. The average molecular weight is 596 g/mol. The van der Waals surface area contributed by atoms with Crippen molar-refractivity contribution in [1.82, 2.24) is 5.32 Å². The van der Waals surface area contributed by atoms with Gasteiger partial charge in [0.15, 0.2) is 0 Å². The predicted octanol–water partition coefficient (Wildman–Crippen LogP) is 4.56. The van der Waals surface area contributed by atoms with Crippen LogP contribution < -0.4 is 10.1 Å². The fourth-order valence-corrected chi connectivity index (χ4v) is 4.59. The highest BCUT2D eigenvalue weighted by atomic mass is 127. The minimum Gasteiger partial charge on any atom is -0.479 e. The second-order valence-corrected chi connectivity index (χ2v) is 8.15. The molecule has 2 aromatic rings. The molecule has 2 rings (SSSR count). The molecule has 142 valence electrons. The minimum absolute atomic E-state index is 0.0728. The lowest BCUT2D eigenvalue weighted by Gasteiger charge is -2.09. The molecular weight excluding hydrogens is 578 g/mol. The molecule has 2 aromatic carbocycles. The zero-order chi connectivity index (χ0) is 20.4. The maximum absolute atomic E-state index is 12.3. The molecule has 0 aliphatic carbocycles. The van der Waals surface area contributed by atoms with E-state index in [0.29, 0.717) is 12.3 Å². The molecule has 0 aliphatic rings. The average Bonchev–Trinajstić information content (AvgIpc) is 2.69. The number of carbonyl (C=O) groups is 1. The molecule has 0 aliphatic heterocycles. The first-order chi connectivity index (χ1) is 13.5. The Morgan fingerprint density at radius 2 is 1.89 bits per heavy atom. The van der Waals surface area contributed by atoms with E-state index >= 15 is 0 Å². The number of ether oxygens (including phenoxy) is 1. The molecule has 0 aromatic heterocycles. The zero-order valence-electron chi connectivity index (χ0n) is 15.0. The number of nitriles is 1. The predicted molar refractivity (Wildman–Crippen MR) is 128 cm³/mol. The summed E-state index contributed by atoms with van der Waals surface area (Å²) in [5.74, 6) is 2.78. The Kier molecular flexibility index (Phi) is 9.32. The number of terminal acetylenes is 1. The Balaban J connectivity index is 1.99. The molecule has 4 nitrogen and oxygen atoms in total. The Morgan fingerprint density at radius 1 is 1.21 bits per heavy atom. The van der Waals surface area contributed by atoms with Gasteiger partial charge in [0.05, 0.1) is 7.14 Å². The van der Waals surface area contributed by atoms with Gasteiger partial charge in [-0.25, -0.2) is 0 Å². The van der Waals surface area contributed by atoms with Crippen LogP contribution in [0.3, 0.4) is 0 Å². The van der Waals surface area contributed by atoms with Gasteiger partial charge in [0.1, 0.15) is 24.0 Å². The van der Waals surface area contributed by atoms with Gasteiger partial charge in [0, 0.05) is 6.54 Å². The van der Waals surface area contributed by atoms with Crippen LogP contribution in [-0.2, 0) is 11.2 Å². The van der Waals surface area contributed by atoms with Gasteiger partial charge in [-0.2, -0.15) is 5.26 Å². The van der Waals surface area contributed by atoms with Crippen LogP contribution in [0.1, 0.15) is 17.5 Å². The third-order valence-corrected chi connectivity index (χ3v) is 5.37. The van der Waals surface area contributed by atoms with Gasteiger partial charge in [-0.15, -0.1) is 6.42 Å². The van der Waals surface area contributed by atoms with Gasteiger partial charge >= 0.3 is 0 Å². The molecule has 1 N–H and O–H groups in total. The number of benzene rings is 2. The lowest BCUT2D eigenvalue weighted by Crippen LogP contribution is -2.25. The van der Waals surface area contributed by atoms with E-state index in [1.807, 2.05) is 36.4 Å². The van der Waals surface area contributed by atoms with E-state index in [-0.39, 0.29) is 18.1 Å². The van der Waals surface area contributed by atoms with Crippen molar-refractivity contribution in [3.8, 4) is 24.2 Å². The first-order valence-electron chi connectivity index (χ1n) is 8.54. The normalized spacial score (nSPS) is 10.6. The number of nitrogens with one attached hydrogen (secondary N) is 1. The molecule has 0 saturated heterocycles. The number of rotatable bonds is 8. The fraction of sp³-hybridized carbons (Fsp3) is 0.182. The molecule has 28 heavy (non-hydrogen) atoms. The number of aryl methyl sites for hydroxylation is 1. The van der Waals surface area contributed by atoms with Crippen molar-refractivity contribution in [2.45, 2.75) is 12.8 Å². The minimum atomic E-state index is -0.367. The molecule has 0 fully saturated rings. The molecular formula is C22H18I2N2O2. The molecule has 6 heteroatoms. The van der Waals surface area contributed by atoms with Gasteiger partial charge < -0.3 is 10.1 Å². The van der Waals surface area contributed by atoms with Crippen LogP contribution in [0, 0.1) is 30.8 Å². The summed E-state index contributed by atoms with van der Waals surface area (Å²) in [6.07, 6.45) is 8.51. The highest BCUT2D eigenvalue weighted by Gasteiger charge is 2.12. The van der Waals surface area contributed by atoms with E-state index < -0.39 is 0 Å². The monoisotopic (exact) mass is 596 g/mol. The molecule has 0 radical (unpaired) electrons. The quantitative estimate of drug-likeness (QED) is 0.160. The molecule has 0 spiro atoms. The van der Waals surface area contributed by atoms with Gasteiger partial charge in [-0.05, 0) is 87.4 Å². The Labute approximate surface area is 192 Å². The topological polar surface area (TPSA) is 62.1 Å². The summed E-state index contributed by atoms with van der Waals surface area (Å²) in [5.41, 5.74) is 2.06. The molecule has 0 unspecified atom stereocenters. The maximum Gasteiger partial charge on any atom is 0.261 e. The number of amides is 1. The summed E-state index contributed by atoms with van der Waals surface area (Å²) in [5, 5.41) is 12.2. The van der Waals surface area contributed by atoms with Gasteiger partial charge in [0.25, 0.3) is 5.91 Å². The first kappa shape index (κ1) is 22.3. The third kappa shape index (κ3) is 6.84. The molecule has 0 heterocycles. The van der Waals surface area contributed by atoms with Crippen molar-refractivity contribution in [1.29, 1.82) is 5.26 Å². The summed E-state index contributed by atoms with van der Waals surface area (Å²) in [7, 11) is 0. The van der Waals surface area contributed by atoms with Crippen LogP contribution in [0.4, 0.5) is 0 Å². The summed E-state index contributed by atoms with van der Waals surface area (Å²) in [4.78, 5) is 12.3. The third-order valence-electron chi connectivity index (χ3n) is 3.77. The Bertz CT molecular complexity index is 918. The van der Waals surface area contributed by atoms with Crippen LogP contribution in [0.2, 0.25) is 0 Å². The van der Waals surface area contributed by atoms with E-state index in [1.165, 1.54) is 5.56 Å². The van der Waals surface area contributed by atoms with Gasteiger partial charge in [-0.3, -0.25) is 4.79 Å². The number of hydrogen-bond donors (Lipinski definition) is 1. The zero-order valence-corrected chi connectivity index (χ0v) is 19.4. The number of halogens is 2. The fourth-order valence-electron chi connectivity index (χ4n) is 2.46. The summed E-state index contributed by atoms with van der Waals surface area (Å²) in [6, 6.07) is 15.8. The van der Waals surface area contributed by atoms with Crippen LogP contribution in [0.15, 0.2) is 48.0 Å². The summed E-state index contributed by atoms with van der Waals surface area (Å²) in [6.45, 7) is 0.705. The second kappa shape index (κ2) is 11.7. The highest BCUT2D eigenvalue weighted by molar-refractivity contribution is 14.1. The lowest BCUT2D eigenvalue weighted by atomic mass is 10.1. The maximum atomic E-state index is 12.3. The van der Waals surface area contributed by atoms with E-state index in [9.17, 15) is 10.1 Å². The molecule has 0 atom stereocenters. The van der Waals surface area contributed by atoms with Crippen LogP contribution in [0.25, 0.3) is 6.08 Å². The Hall–Kier alpha value is -2.04. The van der Waals surface area contributed by atoms with Gasteiger partial charge in [-0.1, -0.05) is 36.3 Å². The van der Waals surface area contributed by atoms with Crippen molar-refractivity contribution in [2.24, 2.45) is 0 Å². The first-order valence-corrected chi connectivity index (χ1v) is 10.7. The van der Waals surface area contributed by atoms with Crippen LogP contribution in [0.5, 0.6) is 5.75 Å². The van der Waals surface area contributed by atoms with E-state index in [2.05, 4.69) is 68.6 Å². The number of nitrogens with zero attached hydrogens (tertiary/aromatic N) is 1. The SMILES string of the molecule is C#CCOc1c(I)cc(/C=C(/C#N)C(=O)NCCCc2ccccc2)cc1I. The van der Waals surface area contributed by atoms with Crippen molar-refractivity contribution in [3.05, 3.63) is 66.3 Å². The van der Waals surface area contributed by atoms with E-state index in [0.717, 1.165) is 25.5 Å². The smallest absolute Gasteiger partial charge is 0.261 e. The number of carbonyl (C=O) groups excluding carboxylic acids is 1. The molecule has 0 saturated carbocycles. The summed E-state index contributed by atoms with van der Waals surface area (Å²) < 4.78 is 7.27. The molecule has 1 amide bonds. The van der Waals surface area contributed by atoms with Crippen molar-refractivity contribution in [2.75, 3.05) is 13.2 Å². The molecule has 0 bridgehead atoms. The van der Waals surface area contributed by atoms with Crippen molar-refractivity contribution < 1.29 is 9.53 Å². The van der Waals surface area contributed by atoms with Gasteiger partial charge in [0.2, 0.25) is 0 Å².